The molecule has 512 valence electrons. The zero-order valence-electron chi connectivity index (χ0n) is 50.3. The largest absolute Gasteiger partial charge is 3.00 e. The van der Waals surface area contributed by atoms with Crippen molar-refractivity contribution in [3.8, 4) is 16.9 Å². The van der Waals surface area contributed by atoms with Gasteiger partial charge in [-0.2, -0.15) is 127 Å². The van der Waals surface area contributed by atoms with E-state index >= 15 is 0 Å². The Labute approximate surface area is 586 Å². The van der Waals surface area contributed by atoms with Gasteiger partial charge in [-0.25, -0.2) is 0 Å². The van der Waals surface area contributed by atoms with Crippen LogP contribution in [-0.4, -0.2) is 13.3 Å². The van der Waals surface area contributed by atoms with Crippen molar-refractivity contribution >= 4 is 75.7 Å². The molecule has 0 unspecified atom stereocenters. The van der Waals surface area contributed by atoms with Gasteiger partial charge in [-0.3, -0.25) is 0 Å². The van der Waals surface area contributed by atoms with Gasteiger partial charge in [-0.1, -0.05) is 206 Å². The average molecular weight is 1630 g/mol. The molecule has 0 N–H and O–H groups in total. The van der Waals surface area contributed by atoms with Crippen LogP contribution in [0.5, 0.6) is 5.75 Å². The first-order chi connectivity index (χ1) is 45.1. The summed E-state index contributed by atoms with van der Waals surface area (Å²) in [6.45, 7) is 0. The van der Waals surface area contributed by atoms with Crippen molar-refractivity contribution in [1.29, 1.82) is 0 Å². The number of rotatable bonds is 12. The molecular formula is C69H42BF24IrNaOP2+3. The van der Waals surface area contributed by atoms with Crippen LogP contribution in [0, 0.1) is 0 Å². The number of hydrogen-bond acceptors (Lipinski definition) is 1. The van der Waals surface area contributed by atoms with E-state index in [1.807, 2.05) is 0 Å². The van der Waals surface area contributed by atoms with Gasteiger partial charge in [0.2, 0.25) is 0 Å². The average Bonchev–Trinajstić information content (AvgIpc) is 0.709. The van der Waals surface area contributed by atoms with E-state index in [9.17, 15) is 105 Å². The summed E-state index contributed by atoms with van der Waals surface area (Å²) < 4.78 is 347. The van der Waals surface area contributed by atoms with Crippen LogP contribution in [0.1, 0.15) is 44.5 Å². The van der Waals surface area contributed by atoms with Crippen LogP contribution < -0.4 is 88.0 Å². The monoisotopic (exact) mass is 1630 g/mol. The minimum atomic E-state index is -6.13. The summed E-state index contributed by atoms with van der Waals surface area (Å²) in [5.74, 6) is 0.903. The van der Waals surface area contributed by atoms with Crippen LogP contribution >= 0.6 is 15.8 Å². The van der Waals surface area contributed by atoms with Gasteiger partial charge in [-0.05, 0) is 83.6 Å². The minimum Gasteiger partial charge on any atom is -0.496 e. The van der Waals surface area contributed by atoms with Crippen LogP contribution in [0.3, 0.4) is 0 Å². The van der Waals surface area contributed by atoms with E-state index < -0.39 is 211 Å². The van der Waals surface area contributed by atoms with Gasteiger partial charge >= 0.3 is 99.1 Å². The Morgan fingerprint density at radius 1 is 0.263 bits per heavy atom. The van der Waals surface area contributed by atoms with Crippen molar-refractivity contribution in [3.63, 3.8) is 0 Å². The van der Waals surface area contributed by atoms with Gasteiger partial charge in [0.15, 0.2) is 0 Å². The van der Waals surface area contributed by atoms with E-state index in [4.69, 9.17) is 4.74 Å². The van der Waals surface area contributed by atoms with Crippen LogP contribution in [0.15, 0.2) is 237 Å². The molecule has 0 saturated carbocycles. The fourth-order valence-electron chi connectivity index (χ4n) is 11.3. The molecule has 0 saturated heterocycles. The third-order valence-corrected chi connectivity index (χ3v) is 20.4. The fourth-order valence-corrected chi connectivity index (χ4v) is 16.2. The zero-order valence-corrected chi connectivity index (χ0v) is 56.5. The Morgan fingerprint density at radius 3 is 0.707 bits per heavy atom. The fraction of sp³-hybridized carbons (Fsp3) is 0.130. The smallest absolute Gasteiger partial charge is 0.496 e. The minimum absolute atomic E-state index is 0. The molecule has 30 heteroatoms. The maximum Gasteiger partial charge on any atom is 3.00 e. The molecule has 0 radical (unpaired) electrons. The summed E-state index contributed by atoms with van der Waals surface area (Å²) in [5.41, 5.74) is -27.8. The summed E-state index contributed by atoms with van der Waals surface area (Å²) in [7, 11) is 0.166. The number of methoxy groups -OCH3 is 1. The molecule has 0 bridgehead atoms. The third kappa shape index (κ3) is 18.0. The summed E-state index contributed by atoms with van der Waals surface area (Å²) in [6.07, 6.45) is -54.8. The van der Waals surface area contributed by atoms with E-state index in [0.29, 0.717) is 0 Å². The Morgan fingerprint density at radius 2 is 0.475 bits per heavy atom. The number of hydrogen-bond donors (Lipinski definition) is 0. The molecule has 0 aliphatic heterocycles. The van der Waals surface area contributed by atoms with E-state index in [1.165, 1.54) is 43.0 Å². The molecule has 0 amide bonds. The summed E-state index contributed by atoms with van der Waals surface area (Å²) in [5, 5.41) is 7.95. The van der Waals surface area contributed by atoms with E-state index in [-0.39, 0.29) is 49.7 Å². The molecule has 0 aliphatic rings. The molecule has 0 aliphatic carbocycles. The number of halogens is 24. The van der Waals surface area contributed by atoms with Crippen molar-refractivity contribution in [3.05, 3.63) is 281 Å². The van der Waals surface area contributed by atoms with Gasteiger partial charge in [0, 0.05) is 5.56 Å². The Bertz CT molecular complexity index is 3890. The molecule has 99 heavy (non-hydrogen) atoms. The second-order valence-corrected chi connectivity index (χ2v) is 26.0. The predicted octanol–water partition coefficient (Wildman–Crippen LogP) is 15.1. The van der Waals surface area contributed by atoms with Crippen molar-refractivity contribution in [1.82, 2.24) is 0 Å². The molecule has 0 heterocycles. The van der Waals surface area contributed by atoms with Gasteiger partial charge in [0.05, 0.1) is 51.6 Å². The van der Waals surface area contributed by atoms with Gasteiger partial charge in [0.1, 0.15) is 11.9 Å². The standard InChI is InChI=1S/C37H30OP2.C32H12BF24.Ir.Na/c1-38-34-26-16-28-36(40(31-21-10-4-11-22-31)32-23-12-5-13-24-32)37(34)33-25-14-15-27-35(33)39(29-17-6-2-7-18-29)30-19-8-3-9-20-30;34-25(35,36)13-1-14(26(37,38)39)6-21(5-13)33(22-7-15(27(40,41)42)2-16(8-22)28(43,44)45,23-9-17(29(46,47)48)3-18(10-23)30(49,50)51)24-11-19(31(52,53)54)4-20(12-24)32(55,56)57;;/h2-28H,1H3;1-12H;;/q;-1;+3;+1. The molecule has 1 nitrogen and oxygen atoms in total. The zero-order chi connectivity index (χ0) is 71.1. The van der Waals surface area contributed by atoms with E-state index in [1.54, 1.807) is 7.11 Å². The van der Waals surface area contributed by atoms with Crippen molar-refractivity contribution < 1.29 is 160 Å². The van der Waals surface area contributed by atoms with Gasteiger partial charge < -0.3 is 4.74 Å². The Balaban J connectivity index is 0.000000288. The van der Waals surface area contributed by atoms with Crippen molar-refractivity contribution in [2.75, 3.05) is 7.11 Å². The van der Waals surface area contributed by atoms with Crippen molar-refractivity contribution in [2.24, 2.45) is 0 Å². The second kappa shape index (κ2) is 30.2. The molecular weight excluding hydrogens is 1590 g/mol. The molecule has 0 spiro atoms. The van der Waals surface area contributed by atoms with Gasteiger partial charge in [-0.15, -0.1) is 0 Å². The molecule has 0 aromatic heterocycles. The van der Waals surface area contributed by atoms with E-state index in [0.717, 1.165) is 5.75 Å². The first kappa shape index (κ1) is 79.2. The normalized spacial score (nSPS) is 12.7. The van der Waals surface area contributed by atoms with Crippen LogP contribution in [0.4, 0.5) is 105 Å². The quantitative estimate of drug-likeness (QED) is 0.0673. The summed E-state index contributed by atoms with van der Waals surface area (Å²) >= 11 is 0. The summed E-state index contributed by atoms with van der Waals surface area (Å²) in [6, 6.07) is 50.3. The van der Waals surface area contributed by atoms with Crippen LogP contribution in [-0.2, 0) is 69.5 Å². The number of alkyl halides is 24. The second-order valence-electron chi connectivity index (χ2n) is 21.6. The van der Waals surface area contributed by atoms with Gasteiger partial charge in [0.25, 0.3) is 0 Å². The maximum atomic E-state index is 14.2. The molecule has 10 aromatic rings. The Kier molecular flexibility index (Phi) is 24.2. The van der Waals surface area contributed by atoms with Crippen LogP contribution in [0.2, 0.25) is 0 Å². The molecule has 10 rings (SSSR count). The molecule has 0 fully saturated rings. The third-order valence-electron chi connectivity index (χ3n) is 15.4. The topological polar surface area (TPSA) is 9.23 Å². The summed E-state index contributed by atoms with van der Waals surface area (Å²) in [4.78, 5) is 0. The molecule has 10 aromatic carbocycles. The SMILES string of the molecule is COc1cccc(P(c2ccccc2)c2ccccc2)c1-c1ccccc1P(c1ccccc1)c1ccccc1.FC(F)(F)c1cc([B-](c2cc(C(F)(F)F)cc(C(F)(F)F)c2)(c2cc(C(F)(F)F)cc(C(F)(F)F)c2)c2cc(C(F)(F)F)cc(C(F)(F)F)c2)cc(C(F)(F)F)c1.[Ir+3].[Na+]. The predicted molar refractivity (Wildman–Crippen MR) is 326 cm³/mol. The van der Waals surface area contributed by atoms with Crippen molar-refractivity contribution in [2.45, 2.75) is 49.4 Å². The molecule has 0 atom stereocenters. The maximum absolute atomic E-state index is 14.2. The number of ether oxygens (including phenoxy) is 1. The Hall–Kier alpha value is -7.11. The first-order valence-corrected chi connectivity index (χ1v) is 30.7. The number of benzene rings is 10. The first-order valence-electron chi connectivity index (χ1n) is 28.0. The van der Waals surface area contributed by atoms with E-state index in [2.05, 4.69) is 164 Å². The van der Waals surface area contributed by atoms with Crippen LogP contribution in [0.25, 0.3) is 11.1 Å².